The van der Waals surface area contributed by atoms with Gasteiger partial charge in [-0.2, -0.15) is 127 Å². The first-order chi connectivity index (χ1) is 42.4. The summed E-state index contributed by atoms with van der Waals surface area (Å²) in [5.41, 5.74) is -30.2. The number of halogens is 24. The van der Waals surface area contributed by atoms with Gasteiger partial charge in [-0.05, 0) is 79.6 Å². The molecular weight excluding hydrogens is 1500 g/mol. The number of alkyl halides is 24. The average Bonchev–Trinajstić information content (AvgIpc) is 0.781. The Kier molecular flexibility index (Phi) is 24.3. The zero-order chi connectivity index (χ0) is 69.9. The smallest absolute Gasteiger partial charge is 0.416 e. The van der Waals surface area contributed by atoms with E-state index in [9.17, 15) is 105 Å². The summed E-state index contributed by atoms with van der Waals surface area (Å²) in [5, 5.41) is 2.47. The van der Waals surface area contributed by atoms with Gasteiger partial charge in [-0.1, -0.05) is 151 Å². The third kappa shape index (κ3) is 20.1. The Hall–Kier alpha value is -6.31. The van der Waals surface area contributed by atoms with Crippen LogP contribution in [0.1, 0.15) is 112 Å². The van der Waals surface area contributed by atoms with Crippen LogP contribution < -0.4 is 32.5 Å². The molecule has 0 saturated heterocycles. The van der Waals surface area contributed by atoms with Gasteiger partial charge >= 0.3 is 49.4 Å². The minimum Gasteiger partial charge on any atom is -0.477 e. The minimum atomic E-state index is -6.13. The second kappa shape index (κ2) is 29.2. The molecule has 1 aliphatic heterocycles. The number of allylic oxidation sites excluding steroid dienone is 4. The average molecular weight is 1560 g/mol. The maximum absolute atomic E-state index is 14.2. The summed E-state index contributed by atoms with van der Waals surface area (Å²) in [7, 11) is -1.43. The fraction of sp³-hybridized carbons (Fsp3) is 0.359. The molecule has 0 saturated carbocycles. The number of benzene rings is 6. The van der Waals surface area contributed by atoms with Crippen LogP contribution in [0, 0.1) is 10.8 Å². The fourth-order valence-corrected chi connectivity index (χ4v) is 12.4. The van der Waals surface area contributed by atoms with Crippen LogP contribution >= 0.6 is 8.15 Å². The summed E-state index contributed by atoms with van der Waals surface area (Å²) in [4.78, 5) is 4.95. The quantitative estimate of drug-likeness (QED) is 0.0625. The Bertz CT molecular complexity index is 3110. The zero-order valence-corrected chi connectivity index (χ0v) is 53.3. The molecule has 0 unspecified atom stereocenters. The molecule has 0 spiro atoms. The van der Waals surface area contributed by atoms with E-state index in [4.69, 9.17) is 14.3 Å². The molecule has 0 amide bonds. The molecule has 2 atom stereocenters. The van der Waals surface area contributed by atoms with Crippen LogP contribution in [0.3, 0.4) is 0 Å². The largest absolute Gasteiger partial charge is 0.477 e. The molecule has 0 bridgehead atoms. The third-order valence-electron chi connectivity index (χ3n) is 14.8. The monoisotopic (exact) mass is 1560 g/mol. The van der Waals surface area contributed by atoms with E-state index in [2.05, 4.69) is 114 Å². The van der Waals surface area contributed by atoms with Gasteiger partial charge in [0.25, 0.3) is 0 Å². The van der Waals surface area contributed by atoms with Crippen molar-refractivity contribution in [2.45, 2.75) is 129 Å². The van der Waals surface area contributed by atoms with E-state index in [1.54, 1.807) is 0 Å². The molecule has 94 heavy (non-hydrogen) atoms. The molecule has 1 aliphatic carbocycles. The standard InChI is InChI=1S/C32H12BF24.C24H32NO2P.C8H12.Ir/c34-25(35,36)13-1-14(26(37,38)39)6-21(5-13)33(22-7-15(27(40,41)42)2-16(8-22)28(43,44)45,23-9-17(29(46,47)48)3-18(10-23)30(49,50)51)24-11-19(31(52,53)54)4-20(12-24)32(55,56)57;1-23(2,3)20-17-26-22(25-20)21(24(4,5)6)27-28(18-13-9-7-10-14-18)19-15-11-8-12-16-19;1-2-4-6-8-7-5-3-1;/h1-12H;7-16,20-21H,17H2,1-6H3;1-2,7-8H,3-6H2;/q-1;;;/p+1/b;;2-1-,8-7-;/t;20-,21+;;/m.1../s1. The zero-order valence-electron chi connectivity index (χ0n) is 49.9. The summed E-state index contributed by atoms with van der Waals surface area (Å²) >= 11 is 0. The predicted octanol–water partition coefficient (Wildman–Crippen LogP) is 18.9. The van der Waals surface area contributed by atoms with Crippen molar-refractivity contribution in [3.8, 4) is 0 Å². The second-order valence-corrected chi connectivity index (χ2v) is 26.0. The molecule has 2 aliphatic rings. The number of aliphatic imine (C=N–C) groups is 1. The van der Waals surface area contributed by atoms with Gasteiger partial charge in [0.05, 0.1) is 50.5 Å². The fourth-order valence-electron chi connectivity index (χ4n) is 10.1. The van der Waals surface area contributed by atoms with Crippen molar-refractivity contribution < 1.29 is 135 Å². The van der Waals surface area contributed by atoms with Crippen LogP contribution in [0.2, 0.25) is 0 Å². The van der Waals surface area contributed by atoms with Gasteiger partial charge in [-0.15, -0.1) is 0 Å². The normalized spacial score (nSPS) is 16.6. The van der Waals surface area contributed by atoms with Crippen LogP contribution in [-0.4, -0.2) is 30.8 Å². The van der Waals surface area contributed by atoms with Crippen LogP contribution in [0.15, 0.2) is 163 Å². The Labute approximate surface area is 538 Å². The minimum absolute atomic E-state index is 0. The number of nitrogens with zero attached hydrogens (tertiary/aromatic N) is 1. The molecule has 8 rings (SSSR count). The summed E-state index contributed by atoms with van der Waals surface area (Å²) < 4.78 is 354. The number of rotatable bonds is 9. The molecular formula is C64H57BF24IrNO2P. The Morgan fingerprint density at radius 1 is 0.383 bits per heavy atom. The van der Waals surface area contributed by atoms with Gasteiger partial charge in [-0.3, -0.25) is 0 Å². The van der Waals surface area contributed by atoms with Crippen LogP contribution in [0.5, 0.6) is 0 Å². The molecule has 515 valence electrons. The van der Waals surface area contributed by atoms with Gasteiger partial charge in [0, 0.05) is 25.5 Å². The van der Waals surface area contributed by atoms with Crippen LogP contribution in [0.4, 0.5) is 105 Å². The van der Waals surface area contributed by atoms with Crippen molar-refractivity contribution in [2.75, 3.05) is 6.61 Å². The number of hydrogen-bond acceptors (Lipinski definition) is 3. The van der Waals surface area contributed by atoms with Crippen molar-refractivity contribution in [3.63, 3.8) is 0 Å². The summed E-state index contributed by atoms with van der Waals surface area (Å²) in [6, 6.07) is 12.4. The first kappa shape index (κ1) is 78.4. The molecule has 30 heteroatoms. The third-order valence-corrected chi connectivity index (χ3v) is 17.0. The van der Waals surface area contributed by atoms with Gasteiger partial charge < -0.3 is 4.74 Å². The van der Waals surface area contributed by atoms with E-state index in [-0.39, 0.29) is 43.1 Å². The van der Waals surface area contributed by atoms with Crippen molar-refractivity contribution in [1.82, 2.24) is 0 Å². The number of hydrogen-bond donors (Lipinski definition) is 0. The van der Waals surface area contributed by atoms with Crippen molar-refractivity contribution in [3.05, 3.63) is 202 Å². The molecule has 0 N–H and O–H groups in total. The van der Waals surface area contributed by atoms with E-state index in [1.165, 1.54) is 36.3 Å². The van der Waals surface area contributed by atoms with Gasteiger partial charge in [0.15, 0.2) is 14.3 Å². The molecule has 1 heterocycles. The SMILES string of the molecule is C1=C\CC/C=C\CC/1.CC(C)(C)[C@H]1COC([C@H](O[PH+](c2ccccc2)c2ccccc2)C(C)(C)C)=N1.FC(F)(F)c1cc([B-](c2cc(C(F)(F)F)cc(C(F)(F)F)c2)(c2cc(C(F)(F)F)cc(C(F)(F)F)c2)c2cc(C(F)(F)F)cc(C(F)(F)F)c2)cc(C(F)(F)F)c1.[Ir]. The first-order valence-corrected chi connectivity index (χ1v) is 29.3. The van der Waals surface area contributed by atoms with E-state index in [0.29, 0.717) is 6.61 Å². The van der Waals surface area contributed by atoms with Crippen molar-refractivity contribution in [2.24, 2.45) is 15.8 Å². The van der Waals surface area contributed by atoms with Crippen LogP contribution in [-0.2, 0) is 78.8 Å². The van der Waals surface area contributed by atoms with E-state index in [1.807, 2.05) is 12.1 Å². The molecule has 0 fully saturated rings. The van der Waals surface area contributed by atoms with E-state index < -0.39 is 203 Å². The molecule has 1 radical (unpaired) electrons. The van der Waals surface area contributed by atoms with E-state index in [0.717, 1.165) is 5.90 Å². The van der Waals surface area contributed by atoms with Crippen molar-refractivity contribution >= 4 is 52.7 Å². The summed E-state index contributed by atoms with van der Waals surface area (Å²) in [6.45, 7) is 13.9. The molecule has 0 aromatic heterocycles. The molecule has 6 aromatic rings. The Balaban J connectivity index is 0.000000354. The van der Waals surface area contributed by atoms with Gasteiger partial charge in [0.1, 0.15) is 23.4 Å². The Morgan fingerprint density at radius 2 is 0.617 bits per heavy atom. The number of ether oxygens (including phenoxy) is 1. The van der Waals surface area contributed by atoms with Gasteiger partial charge in [0.2, 0.25) is 5.90 Å². The van der Waals surface area contributed by atoms with Crippen LogP contribution in [0.25, 0.3) is 0 Å². The summed E-state index contributed by atoms with van der Waals surface area (Å²) in [5.74, 6) is 0.752. The second-order valence-electron chi connectivity index (χ2n) is 23.9. The maximum atomic E-state index is 14.2. The molecule has 3 nitrogen and oxygen atoms in total. The van der Waals surface area contributed by atoms with Crippen molar-refractivity contribution in [1.29, 1.82) is 0 Å². The maximum Gasteiger partial charge on any atom is 0.416 e. The van der Waals surface area contributed by atoms with E-state index >= 15 is 0 Å². The first-order valence-electron chi connectivity index (χ1n) is 27.9. The summed E-state index contributed by atoms with van der Waals surface area (Å²) in [6.07, 6.45) is -41.0. The van der Waals surface area contributed by atoms with Gasteiger partial charge in [-0.25, -0.2) is 9.52 Å². The predicted molar refractivity (Wildman–Crippen MR) is 308 cm³/mol. The Morgan fingerprint density at radius 3 is 0.809 bits per heavy atom. The molecule has 6 aromatic carbocycles. The topological polar surface area (TPSA) is 30.8 Å².